The summed E-state index contributed by atoms with van der Waals surface area (Å²) in [7, 11) is 1.59. The number of amides is 1. The first-order valence-electron chi connectivity index (χ1n) is 8.15. The first kappa shape index (κ1) is 16.3. The van der Waals surface area contributed by atoms with E-state index in [1.165, 1.54) is 30.6 Å². The van der Waals surface area contributed by atoms with Crippen molar-refractivity contribution in [2.45, 2.75) is 19.3 Å². The van der Waals surface area contributed by atoms with Gasteiger partial charge in [0.15, 0.2) is 10.1 Å². The number of hydrogen-bond acceptors (Lipinski definition) is 7. The molecule has 1 saturated heterocycles. The number of aromatic nitrogens is 2. The highest BCUT2D eigenvalue weighted by Crippen LogP contribution is 2.39. The lowest BCUT2D eigenvalue weighted by molar-refractivity contribution is 0.1000. The highest BCUT2D eigenvalue weighted by Gasteiger charge is 2.20. The molecule has 130 valence electrons. The molecule has 0 radical (unpaired) electrons. The Balaban J connectivity index is 1.78. The third kappa shape index (κ3) is 2.96. The van der Waals surface area contributed by atoms with Gasteiger partial charge in [-0.3, -0.25) is 4.79 Å². The van der Waals surface area contributed by atoms with E-state index in [9.17, 15) is 4.79 Å². The molecule has 1 aliphatic rings. The fourth-order valence-electron chi connectivity index (χ4n) is 3.07. The minimum absolute atomic E-state index is 0.284. The zero-order valence-corrected chi connectivity index (χ0v) is 15.5. The highest BCUT2D eigenvalue weighted by atomic mass is 32.1. The maximum Gasteiger partial charge on any atom is 0.277 e. The summed E-state index contributed by atoms with van der Waals surface area (Å²) in [5.41, 5.74) is 7.93. The molecular formula is C17H18N4O2S2. The van der Waals surface area contributed by atoms with Crippen LogP contribution in [0.2, 0.25) is 0 Å². The smallest absolute Gasteiger partial charge is 0.277 e. The molecule has 1 fully saturated rings. The predicted molar refractivity (Wildman–Crippen MR) is 102 cm³/mol. The molecule has 4 rings (SSSR count). The normalized spacial score (nSPS) is 14.8. The Morgan fingerprint density at radius 1 is 1.24 bits per heavy atom. The van der Waals surface area contributed by atoms with E-state index in [1.807, 2.05) is 12.1 Å². The Bertz CT molecular complexity index is 928. The summed E-state index contributed by atoms with van der Waals surface area (Å²) in [6.45, 7) is 2.13. The molecule has 1 aromatic carbocycles. The number of rotatable bonds is 4. The van der Waals surface area contributed by atoms with Crippen LogP contribution in [0.25, 0.3) is 21.5 Å². The van der Waals surface area contributed by atoms with E-state index < -0.39 is 5.91 Å². The summed E-state index contributed by atoms with van der Waals surface area (Å²) in [6, 6.07) is 3.83. The van der Waals surface area contributed by atoms with Crippen molar-refractivity contribution in [1.82, 2.24) is 9.97 Å². The van der Waals surface area contributed by atoms with Crippen LogP contribution in [0.5, 0.6) is 5.75 Å². The number of methoxy groups -OCH3 is 1. The minimum atomic E-state index is -0.526. The SMILES string of the molecule is COc1ccc(-c2csc(N3CCCCC3)n2)c2sc(C(N)=O)nc12. The number of piperidine rings is 1. The monoisotopic (exact) mass is 374 g/mol. The zero-order valence-electron chi connectivity index (χ0n) is 13.8. The average molecular weight is 374 g/mol. The Morgan fingerprint density at radius 3 is 2.76 bits per heavy atom. The van der Waals surface area contributed by atoms with Gasteiger partial charge in [0.05, 0.1) is 17.5 Å². The van der Waals surface area contributed by atoms with Crippen LogP contribution in [0.1, 0.15) is 29.1 Å². The highest BCUT2D eigenvalue weighted by molar-refractivity contribution is 7.21. The molecule has 0 saturated carbocycles. The van der Waals surface area contributed by atoms with Gasteiger partial charge in [0, 0.05) is 24.0 Å². The summed E-state index contributed by atoms with van der Waals surface area (Å²) >= 11 is 2.95. The number of benzene rings is 1. The Labute approximate surface area is 153 Å². The topological polar surface area (TPSA) is 81.3 Å². The number of carbonyl (C=O) groups is 1. The molecule has 0 unspecified atom stereocenters. The molecule has 1 aliphatic heterocycles. The largest absolute Gasteiger partial charge is 0.494 e. The van der Waals surface area contributed by atoms with E-state index in [2.05, 4.69) is 15.3 Å². The fourth-order valence-corrected chi connectivity index (χ4v) is 4.91. The third-order valence-electron chi connectivity index (χ3n) is 4.33. The number of nitrogens with two attached hydrogens (primary N) is 1. The summed E-state index contributed by atoms with van der Waals surface area (Å²) in [5.74, 6) is 0.107. The van der Waals surface area contributed by atoms with Gasteiger partial charge in [-0.2, -0.15) is 0 Å². The second-order valence-corrected chi connectivity index (χ2v) is 7.78. The van der Waals surface area contributed by atoms with Crippen LogP contribution in [-0.2, 0) is 0 Å². The van der Waals surface area contributed by atoms with Crippen molar-refractivity contribution in [3.8, 4) is 17.0 Å². The lowest BCUT2D eigenvalue weighted by atomic mass is 10.1. The molecule has 6 nitrogen and oxygen atoms in total. The van der Waals surface area contributed by atoms with Crippen molar-refractivity contribution >= 4 is 43.9 Å². The molecule has 2 N–H and O–H groups in total. The van der Waals surface area contributed by atoms with Gasteiger partial charge < -0.3 is 15.4 Å². The van der Waals surface area contributed by atoms with Gasteiger partial charge in [0.2, 0.25) is 0 Å². The van der Waals surface area contributed by atoms with E-state index >= 15 is 0 Å². The van der Waals surface area contributed by atoms with Crippen LogP contribution in [-0.4, -0.2) is 36.1 Å². The fraction of sp³-hybridized carbons (Fsp3) is 0.353. The summed E-state index contributed by atoms with van der Waals surface area (Å²) in [4.78, 5) is 23.1. The molecular weight excluding hydrogens is 356 g/mol. The van der Waals surface area contributed by atoms with Gasteiger partial charge in [0.1, 0.15) is 11.3 Å². The van der Waals surface area contributed by atoms with Crippen molar-refractivity contribution in [2.75, 3.05) is 25.1 Å². The Hall–Kier alpha value is -2.19. The second-order valence-electron chi connectivity index (χ2n) is 5.94. The first-order valence-corrected chi connectivity index (χ1v) is 9.85. The Morgan fingerprint density at radius 2 is 2.04 bits per heavy atom. The maximum absolute atomic E-state index is 11.5. The van der Waals surface area contributed by atoms with Crippen molar-refractivity contribution in [3.63, 3.8) is 0 Å². The number of fused-ring (bicyclic) bond motifs is 1. The van der Waals surface area contributed by atoms with Crippen molar-refractivity contribution < 1.29 is 9.53 Å². The molecule has 2 aromatic heterocycles. The number of ether oxygens (including phenoxy) is 1. The molecule has 3 heterocycles. The first-order chi connectivity index (χ1) is 12.2. The molecule has 3 aromatic rings. The lowest BCUT2D eigenvalue weighted by Crippen LogP contribution is -2.29. The van der Waals surface area contributed by atoms with E-state index in [1.54, 1.807) is 18.4 Å². The minimum Gasteiger partial charge on any atom is -0.494 e. The molecule has 0 atom stereocenters. The second kappa shape index (κ2) is 6.61. The number of primary amides is 1. The quantitative estimate of drug-likeness (QED) is 0.756. The molecule has 1 amide bonds. The number of nitrogens with zero attached hydrogens (tertiary/aromatic N) is 3. The maximum atomic E-state index is 11.5. The van der Waals surface area contributed by atoms with Crippen LogP contribution in [0.4, 0.5) is 5.13 Å². The van der Waals surface area contributed by atoms with Crippen LogP contribution >= 0.6 is 22.7 Å². The lowest BCUT2D eigenvalue weighted by Gasteiger charge is -2.25. The van der Waals surface area contributed by atoms with Gasteiger partial charge in [-0.15, -0.1) is 22.7 Å². The van der Waals surface area contributed by atoms with Crippen molar-refractivity contribution in [2.24, 2.45) is 5.73 Å². The van der Waals surface area contributed by atoms with E-state index in [0.717, 1.165) is 34.2 Å². The average Bonchev–Trinajstić information content (AvgIpc) is 3.29. The molecule has 0 bridgehead atoms. The number of thiazole rings is 2. The number of anilines is 1. The van der Waals surface area contributed by atoms with Gasteiger partial charge in [0.25, 0.3) is 5.91 Å². The van der Waals surface area contributed by atoms with Crippen molar-refractivity contribution in [1.29, 1.82) is 0 Å². The van der Waals surface area contributed by atoms with Gasteiger partial charge >= 0.3 is 0 Å². The summed E-state index contributed by atoms with van der Waals surface area (Å²) < 4.78 is 6.26. The molecule has 0 aliphatic carbocycles. The van der Waals surface area contributed by atoms with Crippen LogP contribution < -0.4 is 15.4 Å². The van der Waals surface area contributed by atoms with E-state index in [-0.39, 0.29) is 5.01 Å². The molecule has 8 heteroatoms. The van der Waals surface area contributed by atoms with Crippen LogP contribution in [0, 0.1) is 0 Å². The van der Waals surface area contributed by atoms with Crippen LogP contribution in [0.15, 0.2) is 17.5 Å². The van der Waals surface area contributed by atoms with Gasteiger partial charge in [-0.05, 0) is 31.4 Å². The Kier molecular flexibility index (Phi) is 4.30. The predicted octanol–water partition coefficient (Wildman–Crippen LogP) is 3.52. The number of carbonyl (C=O) groups excluding carboxylic acids is 1. The van der Waals surface area contributed by atoms with Crippen molar-refractivity contribution in [3.05, 3.63) is 22.5 Å². The standard InChI is InChI=1S/C17H18N4O2S2/c1-23-12-6-5-10(14-13(12)20-16(25-14)15(18)22)11-9-24-17(19-11)21-7-3-2-4-8-21/h5-6,9H,2-4,7-8H2,1H3,(H2,18,22). The summed E-state index contributed by atoms with van der Waals surface area (Å²) in [5, 5.41) is 3.40. The zero-order chi connectivity index (χ0) is 17.4. The van der Waals surface area contributed by atoms with Gasteiger partial charge in [-0.25, -0.2) is 9.97 Å². The van der Waals surface area contributed by atoms with Gasteiger partial charge in [-0.1, -0.05) is 0 Å². The molecule has 0 spiro atoms. The number of hydrogen-bond donors (Lipinski definition) is 1. The van der Waals surface area contributed by atoms with E-state index in [0.29, 0.717) is 11.3 Å². The molecule has 25 heavy (non-hydrogen) atoms. The summed E-state index contributed by atoms with van der Waals surface area (Å²) in [6.07, 6.45) is 3.74. The third-order valence-corrected chi connectivity index (χ3v) is 6.34. The van der Waals surface area contributed by atoms with Crippen LogP contribution in [0.3, 0.4) is 0 Å². The van der Waals surface area contributed by atoms with E-state index in [4.69, 9.17) is 15.5 Å².